The molecule has 4 atom stereocenters. The Labute approximate surface area is 121 Å². The van der Waals surface area contributed by atoms with Crippen molar-refractivity contribution in [1.29, 1.82) is 0 Å². The number of rotatable bonds is 2. The number of likely N-dealkylation sites (N-methyl/N-ethyl adjacent to an activating group) is 1. The van der Waals surface area contributed by atoms with Gasteiger partial charge in [0.1, 0.15) is 0 Å². The summed E-state index contributed by atoms with van der Waals surface area (Å²) in [6.45, 7) is 2.21. The minimum Gasteiger partial charge on any atom is -0.309 e. The summed E-state index contributed by atoms with van der Waals surface area (Å²) in [5, 5.41) is 3.24. The summed E-state index contributed by atoms with van der Waals surface area (Å²) in [6, 6.07) is 10.5. The quantitative estimate of drug-likeness (QED) is 0.898. The summed E-state index contributed by atoms with van der Waals surface area (Å²) >= 11 is 0. The van der Waals surface area contributed by atoms with E-state index in [0.717, 1.165) is 18.5 Å². The van der Waals surface area contributed by atoms with E-state index in [2.05, 4.69) is 29.3 Å². The summed E-state index contributed by atoms with van der Waals surface area (Å²) < 4.78 is 0. The van der Waals surface area contributed by atoms with Gasteiger partial charge >= 0.3 is 0 Å². The monoisotopic (exact) mass is 272 g/mol. The number of carbonyl (C=O) groups is 1. The van der Waals surface area contributed by atoms with Crippen LogP contribution < -0.4 is 10.2 Å². The normalized spacial score (nSPS) is 33.9. The standard InChI is InChI=1S/C17H24N2O/c1-12-11-13-7-6-10-15(13)19(17(20)16(12)18-2)14-8-4-3-5-9-14/h3-5,8-9,12-13,15-16,18H,6-7,10-11H2,1-2H3. The maximum absolute atomic E-state index is 13.0. The molecule has 1 heterocycles. The maximum atomic E-state index is 13.0. The van der Waals surface area contributed by atoms with Crippen LogP contribution in [0.4, 0.5) is 5.69 Å². The number of amides is 1. The zero-order valence-electron chi connectivity index (χ0n) is 12.4. The number of anilines is 1. The van der Waals surface area contributed by atoms with Gasteiger partial charge in [0.05, 0.1) is 6.04 Å². The number of fused-ring (bicyclic) bond motifs is 1. The van der Waals surface area contributed by atoms with Gasteiger partial charge in [0, 0.05) is 11.7 Å². The van der Waals surface area contributed by atoms with Crippen molar-refractivity contribution in [3.05, 3.63) is 30.3 Å². The third kappa shape index (κ3) is 2.24. The first-order valence-corrected chi connectivity index (χ1v) is 7.77. The van der Waals surface area contributed by atoms with Crippen molar-refractivity contribution < 1.29 is 4.79 Å². The molecule has 1 aliphatic heterocycles. The van der Waals surface area contributed by atoms with E-state index in [4.69, 9.17) is 0 Å². The van der Waals surface area contributed by atoms with Crippen LogP contribution in [0.25, 0.3) is 0 Å². The Morgan fingerprint density at radius 1 is 1.20 bits per heavy atom. The Kier molecular flexibility index (Phi) is 3.79. The highest BCUT2D eigenvalue weighted by molar-refractivity contribution is 5.98. The van der Waals surface area contributed by atoms with Crippen molar-refractivity contribution in [3.8, 4) is 0 Å². The average molecular weight is 272 g/mol. The Balaban J connectivity index is 2.00. The van der Waals surface area contributed by atoms with Gasteiger partial charge in [0.2, 0.25) is 5.91 Å². The molecule has 0 aromatic heterocycles. The largest absolute Gasteiger partial charge is 0.309 e. The van der Waals surface area contributed by atoms with E-state index < -0.39 is 0 Å². The third-order valence-corrected chi connectivity index (χ3v) is 5.04. The van der Waals surface area contributed by atoms with Crippen LogP contribution >= 0.6 is 0 Å². The lowest BCUT2D eigenvalue weighted by Crippen LogP contribution is -2.50. The number of para-hydroxylation sites is 1. The molecule has 0 radical (unpaired) electrons. The molecule has 3 rings (SSSR count). The zero-order chi connectivity index (χ0) is 14.1. The van der Waals surface area contributed by atoms with Crippen LogP contribution in [0.2, 0.25) is 0 Å². The summed E-state index contributed by atoms with van der Waals surface area (Å²) in [5.74, 6) is 1.32. The van der Waals surface area contributed by atoms with E-state index >= 15 is 0 Å². The Bertz CT molecular complexity index is 473. The zero-order valence-corrected chi connectivity index (χ0v) is 12.4. The molecule has 20 heavy (non-hydrogen) atoms. The van der Waals surface area contributed by atoms with E-state index in [9.17, 15) is 4.79 Å². The van der Waals surface area contributed by atoms with Gasteiger partial charge in [-0.25, -0.2) is 0 Å². The van der Waals surface area contributed by atoms with Gasteiger partial charge in [-0.2, -0.15) is 0 Å². The fourth-order valence-electron chi connectivity index (χ4n) is 4.12. The van der Waals surface area contributed by atoms with Crippen molar-refractivity contribution in [2.45, 2.75) is 44.7 Å². The molecule has 1 saturated carbocycles. The highest BCUT2D eigenvalue weighted by atomic mass is 16.2. The predicted molar refractivity (Wildman–Crippen MR) is 81.7 cm³/mol. The molecular formula is C17H24N2O. The van der Waals surface area contributed by atoms with Gasteiger partial charge in [-0.05, 0) is 50.3 Å². The van der Waals surface area contributed by atoms with Crippen molar-refractivity contribution in [2.75, 3.05) is 11.9 Å². The molecule has 1 aromatic carbocycles. The number of carbonyl (C=O) groups excluding carboxylic acids is 1. The second-order valence-electron chi connectivity index (χ2n) is 6.28. The number of hydrogen-bond acceptors (Lipinski definition) is 2. The fraction of sp³-hybridized carbons (Fsp3) is 0.588. The first kappa shape index (κ1) is 13.6. The smallest absolute Gasteiger partial charge is 0.244 e. The van der Waals surface area contributed by atoms with Crippen molar-refractivity contribution in [3.63, 3.8) is 0 Å². The topological polar surface area (TPSA) is 32.3 Å². The van der Waals surface area contributed by atoms with Gasteiger partial charge in [0.15, 0.2) is 0 Å². The summed E-state index contributed by atoms with van der Waals surface area (Å²) in [7, 11) is 1.91. The predicted octanol–water partition coefficient (Wildman–Crippen LogP) is 2.82. The Hall–Kier alpha value is -1.35. The Morgan fingerprint density at radius 2 is 1.95 bits per heavy atom. The lowest BCUT2D eigenvalue weighted by molar-refractivity contribution is -0.121. The van der Waals surface area contributed by atoms with Crippen LogP contribution in [-0.2, 0) is 4.79 Å². The van der Waals surface area contributed by atoms with Gasteiger partial charge in [-0.1, -0.05) is 31.5 Å². The highest BCUT2D eigenvalue weighted by Gasteiger charge is 2.43. The van der Waals surface area contributed by atoms with E-state index in [1.165, 1.54) is 12.8 Å². The van der Waals surface area contributed by atoms with Crippen LogP contribution in [0.5, 0.6) is 0 Å². The lowest BCUT2D eigenvalue weighted by Gasteiger charge is -2.32. The lowest BCUT2D eigenvalue weighted by atomic mass is 9.90. The molecule has 0 spiro atoms. The van der Waals surface area contributed by atoms with Crippen molar-refractivity contribution in [1.82, 2.24) is 5.32 Å². The van der Waals surface area contributed by atoms with Crippen LogP contribution in [0.3, 0.4) is 0 Å². The molecule has 1 aliphatic carbocycles. The van der Waals surface area contributed by atoms with Crippen LogP contribution in [0.15, 0.2) is 30.3 Å². The van der Waals surface area contributed by atoms with Gasteiger partial charge in [-0.3, -0.25) is 4.79 Å². The first-order valence-electron chi connectivity index (χ1n) is 7.77. The van der Waals surface area contributed by atoms with Gasteiger partial charge in [-0.15, -0.1) is 0 Å². The van der Waals surface area contributed by atoms with Crippen LogP contribution in [0, 0.1) is 11.8 Å². The maximum Gasteiger partial charge on any atom is 0.244 e. The van der Waals surface area contributed by atoms with Crippen molar-refractivity contribution in [2.24, 2.45) is 11.8 Å². The molecule has 2 fully saturated rings. The fourth-order valence-corrected chi connectivity index (χ4v) is 4.12. The molecule has 2 aliphatic rings. The Morgan fingerprint density at radius 3 is 2.65 bits per heavy atom. The van der Waals surface area contributed by atoms with E-state index in [0.29, 0.717) is 17.9 Å². The van der Waals surface area contributed by atoms with Gasteiger partial charge in [0.25, 0.3) is 0 Å². The second kappa shape index (κ2) is 5.57. The summed E-state index contributed by atoms with van der Waals surface area (Å²) in [6.07, 6.45) is 4.82. The molecule has 1 amide bonds. The minimum atomic E-state index is -0.0548. The summed E-state index contributed by atoms with van der Waals surface area (Å²) in [4.78, 5) is 15.1. The molecule has 3 nitrogen and oxygen atoms in total. The molecule has 3 heteroatoms. The first-order chi connectivity index (χ1) is 9.72. The third-order valence-electron chi connectivity index (χ3n) is 5.04. The molecule has 1 N–H and O–H groups in total. The second-order valence-corrected chi connectivity index (χ2v) is 6.28. The van der Waals surface area contributed by atoms with E-state index in [1.54, 1.807) is 0 Å². The molecule has 1 saturated heterocycles. The van der Waals surface area contributed by atoms with Crippen molar-refractivity contribution >= 4 is 11.6 Å². The molecule has 1 aromatic rings. The number of nitrogens with zero attached hydrogens (tertiary/aromatic N) is 1. The average Bonchev–Trinajstić information content (AvgIpc) is 2.85. The van der Waals surface area contributed by atoms with Crippen LogP contribution in [-0.4, -0.2) is 25.0 Å². The molecular weight excluding hydrogens is 248 g/mol. The molecule has 0 bridgehead atoms. The van der Waals surface area contributed by atoms with Gasteiger partial charge < -0.3 is 10.2 Å². The minimum absolute atomic E-state index is 0.0548. The number of hydrogen-bond donors (Lipinski definition) is 1. The summed E-state index contributed by atoms with van der Waals surface area (Å²) in [5.41, 5.74) is 1.06. The van der Waals surface area contributed by atoms with Crippen LogP contribution in [0.1, 0.15) is 32.6 Å². The highest BCUT2D eigenvalue weighted by Crippen LogP contribution is 2.40. The number of nitrogens with one attached hydrogen (secondary N) is 1. The molecule has 108 valence electrons. The van der Waals surface area contributed by atoms with E-state index in [1.807, 2.05) is 25.2 Å². The molecule has 4 unspecified atom stereocenters. The van der Waals surface area contributed by atoms with E-state index in [-0.39, 0.29) is 11.9 Å². The number of benzene rings is 1. The SMILES string of the molecule is CNC1C(=O)N(c2ccccc2)C2CCCC2CC1C.